The van der Waals surface area contributed by atoms with Crippen LogP contribution in [0, 0.1) is 13.8 Å². The summed E-state index contributed by atoms with van der Waals surface area (Å²) in [5.41, 5.74) is 1.42. The molecule has 0 unspecified atom stereocenters. The minimum absolute atomic E-state index is 0.297. The molecule has 1 aromatic heterocycles. The van der Waals surface area contributed by atoms with Gasteiger partial charge < -0.3 is 15.0 Å². The second kappa shape index (κ2) is 8.46. The van der Waals surface area contributed by atoms with Gasteiger partial charge in [-0.05, 0) is 49.2 Å². The van der Waals surface area contributed by atoms with Crippen molar-refractivity contribution in [3.8, 4) is 0 Å². The molecule has 3 rings (SSSR count). The first-order valence-corrected chi connectivity index (χ1v) is 9.29. The Morgan fingerprint density at radius 1 is 1.13 bits per heavy atom. The average molecular weight is 428 g/mol. The van der Waals surface area contributed by atoms with Crippen molar-refractivity contribution < 1.29 is 19.1 Å². The number of anilines is 1. The molecule has 0 aliphatic rings. The number of rotatable bonds is 5. The maximum absolute atomic E-state index is 12.9. The van der Waals surface area contributed by atoms with Gasteiger partial charge in [0.15, 0.2) is 5.92 Å². The maximum atomic E-state index is 12.9. The van der Waals surface area contributed by atoms with Crippen molar-refractivity contribution in [2.75, 3.05) is 12.4 Å². The molecule has 2 N–H and O–H groups in total. The molecule has 0 saturated carbocycles. The fourth-order valence-corrected chi connectivity index (χ4v) is 3.09. The van der Waals surface area contributed by atoms with E-state index in [1.165, 1.54) is 12.1 Å². The number of nitrogens with zero attached hydrogens (tertiary/aromatic N) is 1. The molecule has 9 heteroatoms. The third-order valence-electron chi connectivity index (χ3n) is 4.52. The number of carbonyl (C=O) groups is 3. The van der Waals surface area contributed by atoms with E-state index in [4.69, 9.17) is 11.6 Å². The molecule has 1 atom stereocenters. The molecule has 0 fully saturated rings. The highest BCUT2D eigenvalue weighted by Crippen LogP contribution is 2.21. The van der Waals surface area contributed by atoms with E-state index in [2.05, 4.69) is 20.0 Å². The summed E-state index contributed by atoms with van der Waals surface area (Å²) in [6.45, 7) is 3.59. The Morgan fingerprint density at radius 3 is 2.57 bits per heavy atom. The number of aromatic amines is 1. The Morgan fingerprint density at radius 2 is 1.87 bits per heavy atom. The van der Waals surface area contributed by atoms with Crippen molar-refractivity contribution in [2.45, 2.75) is 19.8 Å². The van der Waals surface area contributed by atoms with E-state index in [0.29, 0.717) is 21.7 Å². The molecule has 8 nitrogen and oxygen atoms in total. The molecule has 2 aromatic carbocycles. The smallest absolute Gasteiger partial charge is 0.323 e. The lowest BCUT2D eigenvalue weighted by atomic mass is 9.99. The van der Waals surface area contributed by atoms with E-state index >= 15 is 0 Å². The van der Waals surface area contributed by atoms with Gasteiger partial charge in [0.2, 0.25) is 5.78 Å². The summed E-state index contributed by atoms with van der Waals surface area (Å²) in [4.78, 5) is 57.0. The van der Waals surface area contributed by atoms with E-state index < -0.39 is 34.8 Å². The lowest BCUT2D eigenvalue weighted by Gasteiger charge is -2.14. The zero-order valence-electron chi connectivity index (χ0n) is 16.4. The number of carbonyl (C=O) groups excluding carboxylic acids is 3. The van der Waals surface area contributed by atoms with Crippen LogP contribution >= 0.6 is 11.6 Å². The van der Waals surface area contributed by atoms with Crippen LogP contribution in [0.4, 0.5) is 5.69 Å². The number of esters is 1. The monoisotopic (exact) mass is 427 g/mol. The molecule has 1 heterocycles. The van der Waals surface area contributed by atoms with Gasteiger partial charge in [-0.25, -0.2) is 4.98 Å². The molecule has 0 aliphatic heterocycles. The first-order chi connectivity index (χ1) is 14.2. The molecule has 3 aromatic rings. The molecule has 30 heavy (non-hydrogen) atoms. The third-order valence-corrected chi connectivity index (χ3v) is 4.75. The number of methoxy groups -OCH3 is 1. The summed E-state index contributed by atoms with van der Waals surface area (Å²) in [5.74, 6) is -5.10. The minimum Gasteiger partial charge on any atom is -0.468 e. The molecule has 0 bridgehead atoms. The minimum atomic E-state index is -1.82. The van der Waals surface area contributed by atoms with Crippen molar-refractivity contribution >= 4 is 46.0 Å². The Bertz CT molecular complexity index is 1240. The number of Topliss-reactive ketones (excluding diaryl/α,β-unsaturated/α-hetero) is 1. The summed E-state index contributed by atoms with van der Waals surface area (Å²) in [7, 11) is 1.06. The number of ether oxygens (including phenoxy) is 1. The first kappa shape index (κ1) is 21.2. The van der Waals surface area contributed by atoms with Gasteiger partial charge >= 0.3 is 5.97 Å². The predicted octanol–water partition coefficient (Wildman–Crippen LogP) is 2.66. The van der Waals surface area contributed by atoms with Gasteiger partial charge in [0, 0.05) is 10.7 Å². The second-order valence-corrected chi connectivity index (χ2v) is 7.14. The van der Waals surface area contributed by atoms with Crippen LogP contribution < -0.4 is 10.9 Å². The number of aryl methyl sites for hydroxylation is 2. The van der Waals surface area contributed by atoms with Crippen LogP contribution in [0.5, 0.6) is 0 Å². The van der Waals surface area contributed by atoms with Crippen LogP contribution in [0.15, 0.2) is 41.2 Å². The number of amides is 1. The van der Waals surface area contributed by atoms with Gasteiger partial charge in [-0.3, -0.25) is 19.2 Å². The molecule has 0 saturated heterocycles. The summed E-state index contributed by atoms with van der Waals surface area (Å²) < 4.78 is 4.66. The predicted molar refractivity (Wildman–Crippen MR) is 112 cm³/mol. The highest BCUT2D eigenvalue weighted by molar-refractivity contribution is 6.45. The van der Waals surface area contributed by atoms with Gasteiger partial charge in [-0.1, -0.05) is 23.7 Å². The van der Waals surface area contributed by atoms with Crippen molar-refractivity contribution in [3.63, 3.8) is 0 Å². The van der Waals surface area contributed by atoms with Crippen molar-refractivity contribution in [1.82, 2.24) is 9.97 Å². The van der Waals surface area contributed by atoms with Crippen LogP contribution in [0.25, 0.3) is 11.0 Å². The molecular formula is C21H18ClN3O5. The number of hydrogen-bond acceptors (Lipinski definition) is 6. The molecule has 0 aliphatic carbocycles. The van der Waals surface area contributed by atoms with Crippen molar-refractivity contribution in [1.29, 1.82) is 0 Å². The zero-order valence-corrected chi connectivity index (χ0v) is 17.2. The van der Waals surface area contributed by atoms with E-state index in [0.717, 1.165) is 18.2 Å². The maximum Gasteiger partial charge on any atom is 0.323 e. The Kier molecular flexibility index (Phi) is 5.98. The Balaban J connectivity index is 2.02. The highest BCUT2D eigenvalue weighted by atomic mass is 35.5. The van der Waals surface area contributed by atoms with Gasteiger partial charge in [-0.2, -0.15) is 0 Å². The lowest BCUT2D eigenvalue weighted by molar-refractivity contribution is -0.148. The van der Waals surface area contributed by atoms with Crippen LogP contribution in [0.3, 0.4) is 0 Å². The van der Waals surface area contributed by atoms with Gasteiger partial charge in [-0.15, -0.1) is 0 Å². The third kappa shape index (κ3) is 4.23. The molecule has 0 spiro atoms. The van der Waals surface area contributed by atoms with Crippen LogP contribution in [0.1, 0.15) is 22.7 Å². The average Bonchev–Trinajstić information content (AvgIpc) is 2.70. The lowest BCUT2D eigenvalue weighted by Crippen LogP contribution is -2.37. The zero-order chi connectivity index (χ0) is 22.0. The largest absolute Gasteiger partial charge is 0.468 e. The molecule has 0 radical (unpaired) electrons. The number of aromatic nitrogens is 2. The van der Waals surface area contributed by atoms with Crippen LogP contribution in [-0.2, 0) is 19.1 Å². The number of nitrogens with one attached hydrogen (secondary N) is 2. The SMILES string of the molecule is COC(=O)[C@H](C(=O)C(=O)Nc1cc(C)ccc1C)c1nc2ccc(Cl)cc2[nH]c1=O. The van der Waals surface area contributed by atoms with Crippen molar-refractivity contribution in [2.24, 2.45) is 0 Å². The van der Waals surface area contributed by atoms with Crippen LogP contribution in [-0.4, -0.2) is 34.7 Å². The Hall–Kier alpha value is -3.52. The number of H-pyrrole nitrogens is 1. The Labute approximate surface area is 176 Å². The van der Waals surface area contributed by atoms with E-state index in [1.54, 1.807) is 25.1 Å². The van der Waals surface area contributed by atoms with Gasteiger partial charge in [0.1, 0.15) is 5.69 Å². The second-order valence-electron chi connectivity index (χ2n) is 6.71. The molecule has 154 valence electrons. The number of halogens is 1. The summed E-state index contributed by atoms with van der Waals surface area (Å²) in [5, 5.41) is 2.87. The summed E-state index contributed by atoms with van der Waals surface area (Å²) in [6.07, 6.45) is 0. The summed E-state index contributed by atoms with van der Waals surface area (Å²) in [6, 6.07) is 9.88. The standard InChI is InChI=1S/C21H18ClN3O5/c1-10-4-5-11(2)14(8-10)24-20(28)18(26)16(21(29)30-3)17-19(27)25-15-9-12(22)6-7-13(15)23-17/h4-9,16H,1-3H3,(H,24,28)(H,25,27)/t16-/m0/s1. The van der Waals surface area contributed by atoms with E-state index in [9.17, 15) is 19.2 Å². The first-order valence-electron chi connectivity index (χ1n) is 8.91. The van der Waals surface area contributed by atoms with E-state index in [1.807, 2.05) is 13.0 Å². The number of benzene rings is 2. The highest BCUT2D eigenvalue weighted by Gasteiger charge is 2.37. The topological polar surface area (TPSA) is 118 Å². The molecular weight excluding hydrogens is 410 g/mol. The number of fused-ring (bicyclic) bond motifs is 1. The van der Waals surface area contributed by atoms with Gasteiger partial charge in [0.25, 0.3) is 11.5 Å². The quantitative estimate of drug-likeness (QED) is 0.367. The number of hydrogen-bond donors (Lipinski definition) is 2. The van der Waals surface area contributed by atoms with Gasteiger partial charge in [0.05, 0.1) is 18.1 Å². The fraction of sp³-hybridized carbons (Fsp3) is 0.190. The normalized spacial score (nSPS) is 11.7. The summed E-state index contributed by atoms with van der Waals surface area (Å²) >= 11 is 5.91. The fourth-order valence-electron chi connectivity index (χ4n) is 2.91. The number of ketones is 1. The van der Waals surface area contributed by atoms with E-state index in [-0.39, 0.29) is 0 Å². The van der Waals surface area contributed by atoms with Crippen LogP contribution in [0.2, 0.25) is 5.02 Å². The van der Waals surface area contributed by atoms with Crippen molar-refractivity contribution in [3.05, 3.63) is 68.6 Å². The molecule has 1 amide bonds.